The summed E-state index contributed by atoms with van der Waals surface area (Å²) in [5.74, 6) is 0. The lowest BCUT2D eigenvalue weighted by Crippen LogP contribution is -2.08. The fraction of sp³-hybridized carbons (Fsp3) is 1.00. The van der Waals surface area contributed by atoms with Gasteiger partial charge in [-0.05, 0) is 27.6 Å². The van der Waals surface area contributed by atoms with Gasteiger partial charge in [0.1, 0.15) is 5.56 Å². The quantitative estimate of drug-likeness (QED) is 0.689. The van der Waals surface area contributed by atoms with Gasteiger partial charge in [-0.15, -0.1) is 11.6 Å². The zero-order valence-corrected chi connectivity index (χ0v) is 9.02. The van der Waals surface area contributed by atoms with Crippen molar-refractivity contribution in [2.75, 3.05) is 20.6 Å². The van der Waals surface area contributed by atoms with Crippen LogP contribution in [-0.4, -0.2) is 41.6 Å². The van der Waals surface area contributed by atoms with Crippen LogP contribution in [0.25, 0.3) is 0 Å². The Kier molecular flexibility index (Phi) is 11.0. The first-order valence-electron chi connectivity index (χ1n) is 3.52. The van der Waals surface area contributed by atoms with Crippen LogP contribution in [-0.2, 0) is 0 Å². The molecule has 0 heterocycles. The molecule has 70 valence electrons. The normalized spacial score (nSPS) is 15.3. The van der Waals surface area contributed by atoms with Crippen LogP contribution in [0.4, 0.5) is 0 Å². The van der Waals surface area contributed by atoms with Gasteiger partial charge in [0.05, 0.1) is 5.38 Å². The molecule has 0 saturated carbocycles. The molecule has 0 spiro atoms. The molecule has 11 heavy (non-hydrogen) atoms. The highest BCUT2D eigenvalue weighted by Crippen LogP contribution is 2.03. The van der Waals surface area contributed by atoms with E-state index in [1.54, 1.807) is 6.92 Å². The Balaban J connectivity index is 0. The van der Waals surface area contributed by atoms with E-state index in [4.69, 9.17) is 28.3 Å². The third kappa shape index (κ3) is 18.0. The molecule has 0 fully saturated rings. The summed E-state index contributed by atoms with van der Waals surface area (Å²) in [6, 6.07) is 0. The summed E-state index contributed by atoms with van der Waals surface area (Å²) in [6.45, 7) is 4.89. The number of rotatable bonds is 2. The molecule has 0 aromatic heterocycles. The number of alkyl halides is 2. The second-order valence-electron chi connectivity index (χ2n) is 2.45. The molecule has 0 aliphatic carbocycles. The van der Waals surface area contributed by atoms with Gasteiger partial charge in [-0.25, -0.2) is 0 Å². The molecule has 0 bridgehead atoms. The van der Waals surface area contributed by atoms with E-state index < -0.39 is 5.56 Å². The molecular formula is C7H17Cl2NO. The lowest BCUT2D eigenvalue weighted by Gasteiger charge is -2.00. The molecule has 1 N–H and O–H groups in total. The molecule has 4 heteroatoms. The monoisotopic (exact) mass is 201 g/mol. The number of halogens is 2. The molecular weight excluding hydrogens is 185 g/mol. The van der Waals surface area contributed by atoms with Crippen LogP contribution < -0.4 is 0 Å². The number of nitrogens with zero attached hydrogens (tertiary/aromatic N) is 1. The third-order valence-corrected chi connectivity index (χ3v) is 1.76. The number of aliphatic hydroxyl groups is 1. The largest absolute Gasteiger partial charge is 0.376 e. The summed E-state index contributed by atoms with van der Waals surface area (Å²) in [5, 5.41) is 7.91. The molecule has 2 nitrogen and oxygen atoms in total. The van der Waals surface area contributed by atoms with Crippen LogP contribution in [0.3, 0.4) is 0 Å². The van der Waals surface area contributed by atoms with E-state index in [0.717, 1.165) is 6.54 Å². The highest BCUT2D eigenvalue weighted by Gasteiger charge is 2.03. The van der Waals surface area contributed by atoms with Crippen LogP contribution in [0.2, 0.25) is 0 Å². The minimum Gasteiger partial charge on any atom is -0.376 e. The molecule has 0 aromatic carbocycles. The lowest BCUT2D eigenvalue weighted by molar-refractivity contribution is 0.255. The third-order valence-electron chi connectivity index (χ3n) is 1.01. The van der Waals surface area contributed by atoms with Crippen molar-refractivity contribution in [3.8, 4) is 0 Å². The Hall–Kier alpha value is 0.500. The SMILES string of the molecule is CC(Cl)C(O)Cl.CCN(C)C. The number of aliphatic hydroxyl groups excluding tert-OH is 1. The zero-order chi connectivity index (χ0) is 9.44. The summed E-state index contributed by atoms with van der Waals surface area (Å²) < 4.78 is 0. The van der Waals surface area contributed by atoms with E-state index in [1.165, 1.54) is 0 Å². The second-order valence-corrected chi connectivity index (χ2v) is 3.58. The molecule has 2 unspecified atom stereocenters. The van der Waals surface area contributed by atoms with Gasteiger partial charge in [0.15, 0.2) is 0 Å². The minimum absolute atomic E-state index is 0.355. The minimum atomic E-state index is -0.910. The Labute approximate surface area is 79.1 Å². The van der Waals surface area contributed by atoms with Crippen LogP contribution in [0, 0.1) is 0 Å². The average molecular weight is 202 g/mol. The van der Waals surface area contributed by atoms with Gasteiger partial charge in [-0.3, -0.25) is 0 Å². The highest BCUT2D eigenvalue weighted by molar-refractivity contribution is 6.28. The average Bonchev–Trinajstić information content (AvgIpc) is 1.89. The van der Waals surface area contributed by atoms with Crippen molar-refractivity contribution < 1.29 is 5.11 Å². The Bertz CT molecular complexity index is 70.8. The van der Waals surface area contributed by atoms with Gasteiger partial charge in [0.2, 0.25) is 0 Å². The highest BCUT2D eigenvalue weighted by atomic mass is 35.5. The van der Waals surface area contributed by atoms with Crippen molar-refractivity contribution in [1.82, 2.24) is 4.90 Å². The van der Waals surface area contributed by atoms with Crippen molar-refractivity contribution in [2.24, 2.45) is 0 Å². The molecule has 2 atom stereocenters. The fourth-order valence-electron chi connectivity index (χ4n) is 0. The summed E-state index contributed by atoms with van der Waals surface area (Å²) in [7, 11) is 4.11. The first kappa shape index (κ1) is 14.0. The predicted molar refractivity (Wildman–Crippen MR) is 51.4 cm³/mol. The van der Waals surface area contributed by atoms with Crippen molar-refractivity contribution in [3.63, 3.8) is 0 Å². The maximum absolute atomic E-state index is 8.26. The van der Waals surface area contributed by atoms with Crippen LogP contribution >= 0.6 is 23.2 Å². The zero-order valence-electron chi connectivity index (χ0n) is 7.51. The first-order chi connectivity index (χ1) is 4.91. The maximum atomic E-state index is 8.26. The summed E-state index contributed by atoms with van der Waals surface area (Å²) in [5.41, 5.74) is -0.910. The summed E-state index contributed by atoms with van der Waals surface area (Å²) >= 11 is 10.3. The first-order valence-corrected chi connectivity index (χ1v) is 4.40. The van der Waals surface area contributed by atoms with Gasteiger partial charge in [0, 0.05) is 0 Å². The lowest BCUT2D eigenvalue weighted by atomic mass is 10.5. The van der Waals surface area contributed by atoms with Crippen molar-refractivity contribution >= 4 is 23.2 Å². The molecule has 0 radical (unpaired) electrons. The summed E-state index contributed by atoms with van der Waals surface area (Å²) in [4.78, 5) is 2.12. The van der Waals surface area contributed by atoms with Crippen molar-refractivity contribution in [3.05, 3.63) is 0 Å². The van der Waals surface area contributed by atoms with Gasteiger partial charge in [-0.2, -0.15) is 0 Å². The van der Waals surface area contributed by atoms with E-state index >= 15 is 0 Å². The van der Waals surface area contributed by atoms with E-state index in [2.05, 4.69) is 25.9 Å². The predicted octanol–water partition coefficient (Wildman–Crippen LogP) is 1.74. The van der Waals surface area contributed by atoms with E-state index in [9.17, 15) is 0 Å². The molecule has 0 saturated heterocycles. The standard InChI is InChI=1S/C4H11N.C3H6Cl2O/c1-4-5(2)3;1-2(4)3(5)6/h4H2,1-3H3;2-3,6H,1H3. The Morgan fingerprint density at radius 1 is 1.36 bits per heavy atom. The van der Waals surface area contributed by atoms with Gasteiger partial charge < -0.3 is 10.0 Å². The van der Waals surface area contributed by atoms with Crippen LogP contribution in [0.15, 0.2) is 0 Å². The molecule has 0 aliphatic heterocycles. The second kappa shape index (κ2) is 8.60. The molecule has 0 aromatic rings. The topological polar surface area (TPSA) is 23.5 Å². The number of hydrogen-bond acceptors (Lipinski definition) is 2. The smallest absolute Gasteiger partial charge is 0.143 e. The fourth-order valence-corrected chi connectivity index (χ4v) is 0. The summed E-state index contributed by atoms with van der Waals surface area (Å²) in [6.07, 6.45) is 0. The molecule has 0 aliphatic rings. The Morgan fingerprint density at radius 3 is 1.55 bits per heavy atom. The van der Waals surface area contributed by atoms with Crippen LogP contribution in [0.1, 0.15) is 13.8 Å². The van der Waals surface area contributed by atoms with E-state index in [0.29, 0.717) is 0 Å². The van der Waals surface area contributed by atoms with Gasteiger partial charge in [0.25, 0.3) is 0 Å². The van der Waals surface area contributed by atoms with Crippen LogP contribution in [0.5, 0.6) is 0 Å². The van der Waals surface area contributed by atoms with Gasteiger partial charge in [-0.1, -0.05) is 18.5 Å². The van der Waals surface area contributed by atoms with Crippen molar-refractivity contribution in [2.45, 2.75) is 24.8 Å². The van der Waals surface area contributed by atoms with E-state index in [-0.39, 0.29) is 5.38 Å². The van der Waals surface area contributed by atoms with Gasteiger partial charge >= 0.3 is 0 Å². The number of hydrogen-bond donors (Lipinski definition) is 1. The maximum Gasteiger partial charge on any atom is 0.143 e. The molecule has 0 amide bonds. The Morgan fingerprint density at radius 2 is 1.55 bits per heavy atom. The molecule has 0 rings (SSSR count). The van der Waals surface area contributed by atoms with Crippen molar-refractivity contribution in [1.29, 1.82) is 0 Å². The van der Waals surface area contributed by atoms with E-state index in [1.807, 2.05) is 0 Å².